The van der Waals surface area contributed by atoms with Gasteiger partial charge in [0, 0.05) is 5.41 Å². The minimum atomic E-state index is -0.129. The van der Waals surface area contributed by atoms with Crippen molar-refractivity contribution in [2.24, 2.45) is 0 Å². The molecule has 1 aliphatic rings. The van der Waals surface area contributed by atoms with Gasteiger partial charge in [-0.15, -0.1) is 0 Å². The molecule has 1 aromatic carbocycles. The second-order valence-corrected chi connectivity index (χ2v) is 4.98. The number of benzene rings is 1. The van der Waals surface area contributed by atoms with E-state index in [2.05, 4.69) is 32.3 Å². The van der Waals surface area contributed by atoms with Gasteiger partial charge in [-0.05, 0) is 18.4 Å². The summed E-state index contributed by atoms with van der Waals surface area (Å²) in [6.45, 7) is 0. The predicted molar refractivity (Wildman–Crippen MR) is 71.0 cm³/mol. The monoisotopic (exact) mass is 252 g/mol. The number of hydrogen-bond donors (Lipinski definition) is 2. The summed E-state index contributed by atoms with van der Waals surface area (Å²) in [5.41, 5.74) is 2.38. The Hall–Kier alpha value is -2.43. The van der Waals surface area contributed by atoms with Crippen LogP contribution in [0.15, 0.2) is 41.5 Å². The Bertz CT molecular complexity index is 799. The molecule has 0 aliphatic heterocycles. The number of nitrogens with zero attached hydrogens (tertiary/aromatic N) is 2. The number of H-pyrrole nitrogens is 2. The fraction of sp³-hybridized carbons (Fsp3) is 0.214. The summed E-state index contributed by atoms with van der Waals surface area (Å²) in [4.78, 5) is 18.7. The first kappa shape index (κ1) is 10.5. The van der Waals surface area contributed by atoms with Gasteiger partial charge >= 0.3 is 0 Å². The smallest absolute Gasteiger partial charge is 0.262 e. The highest BCUT2D eigenvalue weighted by Gasteiger charge is 2.48. The molecule has 1 saturated carbocycles. The van der Waals surface area contributed by atoms with Gasteiger partial charge in [0.1, 0.15) is 5.39 Å². The normalized spacial score (nSPS) is 16.6. The Morgan fingerprint density at radius 3 is 2.68 bits per heavy atom. The van der Waals surface area contributed by atoms with Crippen LogP contribution in [0, 0.1) is 0 Å². The highest BCUT2D eigenvalue weighted by Crippen LogP contribution is 2.53. The van der Waals surface area contributed by atoms with E-state index in [1.807, 2.05) is 18.2 Å². The highest BCUT2D eigenvalue weighted by molar-refractivity contribution is 5.79. The third-order valence-electron chi connectivity index (χ3n) is 3.91. The largest absolute Gasteiger partial charge is 0.312 e. The summed E-state index contributed by atoms with van der Waals surface area (Å²) in [5.74, 6) is 0. The molecule has 2 aromatic heterocycles. The van der Waals surface area contributed by atoms with Gasteiger partial charge in [0.25, 0.3) is 5.56 Å². The van der Waals surface area contributed by atoms with Gasteiger partial charge in [0.2, 0.25) is 0 Å². The topological polar surface area (TPSA) is 74.4 Å². The Kier molecular flexibility index (Phi) is 1.95. The Balaban J connectivity index is 1.99. The first-order valence-corrected chi connectivity index (χ1v) is 6.29. The van der Waals surface area contributed by atoms with Crippen molar-refractivity contribution in [2.75, 3.05) is 0 Å². The molecule has 1 aliphatic carbocycles. The molecule has 0 atom stereocenters. The van der Waals surface area contributed by atoms with Crippen molar-refractivity contribution >= 4 is 11.0 Å². The number of fused-ring (bicyclic) bond motifs is 1. The van der Waals surface area contributed by atoms with Crippen LogP contribution in [0.25, 0.3) is 11.0 Å². The summed E-state index contributed by atoms with van der Waals surface area (Å²) >= 11 is 0. The van der Waals surface area contributed by atoms with Gasteiger partial charge in [0.15, 0.2) is 5.65 Å². The van der Waals surface area contributed by atoms with Crippen LogP contribution >= 0.6 is 0 Å². The Labute approximate surface area is 108 Å². The minimum absolute atomic E-state index is 0.0912. The van der Waals surface area contributed by atoms with E-state index in [0.29, 0.717) is 11.0 Å². The van der Waals surface area contributed by atoms with E-state index in [-0.39, 0.29) is 11.0 Å². The molecule has 2 N–H and O–H groups in total. The van der Waals surface area contributed by atoms with Gasteiger partial charge in [-0.2, -0.15) is 5.10 Å². The maximum absolute atomic E-state index is 12.0. The standard InChI is InChI=1S/C14H12N4O/c19-13-10-11(17-18-12(10)15-8-16-13)14(6-7-14)9-4-2-1-3-5-9/h1-5,8H,6-7H2,(H2,15,16,17,18,19). The molecule has 0 radical (unpaired) electrons. The highest BCUT2D eigenvalue weighted by atomic mass is 16.1. The number of nitrogens with one attached hydrogen (secondary N) is 2. The van der Waals surface area contributed by atoms with Crippen LogP contribution in [0.5, 0.6) is 0 Å². The zero-order valence-electron chi connectivity index (χ0n) is 10.2. The molecule has 4 rings (SSSR count). The average molecular weight is 252 g/mol. The van der Waals surface area contributed by atoms with E-state index in [0.717, 1.165) is 18.5 Å². The van der Waals surface area contributed by atoms with Crippen molar-refractivity contribution in [3.8, 4) is 0 Å². The lowest BCUT2D eigenvalue weighted by Gasteiger charge is -2.13. The molecular formula is C14H12N4O. The van der Waals surface area contributed by atoms with Gasteiger partial charge in [0.05, 0.1) is 12.0 Å². The van der Waals surface area contributed by atoms with Gasteiger partial charge in [-0.1, -0.05) is 30.3 Å². The lowest BCUT2D eigenvalue weighted by molar-refractivity contribution is 0.798. The molecule has 0 spiro atoms. The van der Waals surface area contributed by atoms with Crippen LogP contribution in [-0.2, 0) is 5.41 Å². The summed E-state index contributed by atoms with van der Waals surface area (Å²) in [7, 11) is 0. The predicted octanol–water partition coefficient (Wildman–Crippen LogP) is 1.73. The summed E-state index contributed by atoms with van der Waals surface area (Å²) in [6.07, 6.45) is 3.45. The zero-order valence-corrected chi connectivity index (χ0v) is 10.2. The number of hydrogen-bond acceptors (Lipinski definition) is 3. The molecule has 5 heteroatoms. The first-order valence-electron chi connectivity index (χ1n) is 6.29. The van der Waals surface area contributed by atoms with Crippen LogP contribution in [0.1, 0.15) is 24.1 Å². The Morgan fingerprint density at radius 2 is 1.95 bits per heavy atom. The van der Waals surface area contributed by atoms with Crippen molar-refractivity contribution in [3.05, 3.63) is 58.3 Å². The molecule has 94 valence electrons. The third-order valence-corrected chi connectivity index (χ3v) is 3.91. The SMILES string of the molecule is O=c1[nH]cnc2n[nH]c(C3(c4ccccc4)CC3)c12. The molecule has 0 saturated heterocycles. The minimum Gasteiger partial charge on any atom is -0.312 e. The molecular weight excluding hydrogens is 240 g/mol. The first-order chi connectivity index (χ1) is 9.31. The second-order valence-electron chi connectivity index (χ2n) is 4.98. The lowest BCUT2D eigenvalue weighted by Crippen LogP contribution is -2.14. The van der Waals surface area contributed by atoms with Gasteiger partial charge < -0.3 is 4.98 Å². The van der Waals surface area contributed by atoms with E-state index in [1.54, 1.807) is 0 Å². The molecule has 2 heterocycles. The molecule has 19 heavy (non-hydrogen) atoms. The molecule has 1 fully saturated rings. The van der Waals surface area contributed by atoms with E-state index < -0.39 is 0 Å². The zero-order chi connectivity index (χ0) is 12.9. The van der Waals surface area contributed by atoms with E-state index in [4.69, 9.17) is 0 Å². The quantitative estimate of drug-likeness (QED) is 0.729. The number of rotatable bonds is 2. The summed E-state index contributed by atoms with van der Waals surface area (Å²) in [6, 6.07) is 10.3. The fourth-order valence-corrected chi connectivity index (χ4v) is 2.78. The van der Waals surface area contributed by atoms with Gasteiger partial charge in [-0.25, -0.2) is 4.98 Å². The van der Waals surface area contributed by atoms with Crippen LogP contribution in [0.3, 0.4) is 0 Å². The Morgan fingerprint density at radius 1 is 1.16 bits per heavy atom. The molecule has 0 bridgehead atoms. The van der Waals surface area contributed by atoms with Crippen LogP contribution in [0.4, 0.5) is 0 Å². The molecule has 0 unspecified atom stereocenters. The maximum Gasteiger partial charge on any atom is 0.262 e. The fourth-order valence-electron chi connectivity index (χ4n) is 2.78. The van der Waals surface area contributed by atoms with Crippen LogP contribution in [-0.4, -0.2) is 20.2 Å². The van der Waals surface area contributed by atoms with Gasteiger partial charge in [-0.3, -0.25) is 9.89 Å². The maximum atomic E-state index is 12.0. The van der Waals surface area contributed by atoms with Crippen molar-refractivity contribution in [3.63, 3.8) is 0 Å². The van der Waals surface area contributed by atoms with Crippen molar-refractivity contribution in [1.29, 1.82) is 0 Å². The van der Waals surface area contributed by atoms with Crippen molar-refractivity contribution in [2.45, 2.75) is 18.3 Å². The second kappa shape index (κ2) is 3.54. The van der Waals surface area contributed by atoms with E-state index in [1.165, 1.54) is 11.9 Å². The summed E-state index contributed by atoms with van der Waals surface area (Å²) in [5, 5.41) is 7.77. The average Bonchev–Trinajstić information content (AvgIpc) is 3.14. The third kappa shape index (κ3) is 1.38. The molecule has 3 aromatic rings. The lowest BCUT2D eigenvalue weighted by atomic mass is 9.91. The van der Waals surface area contributed by atoms with Crippen LogP contribution in [0.2, 0.25) is 0 Å². The van der Waals surface area contributed by atoms with Crippen molar-refractivity contribution < 1.29 is 0 Å². The van der Waals surface area contributed by atoms with Crippen LogP contribution < -0.4 is 5.56 Å². The van der Waals surface area contributed by atoms with Crippen molar-refractivity contribution in [1.82, 2.24) is 20.2 Å². The summed E-state index contributed by atoms with van der Waals surface area (Å²) < 4.78 is 0. The van der Waals surface area contributed by atoms with E-state index >= 15 is 0 Å². The van der Waals surface area contributed by atoms with E-state index in [9.17, 15) is 4.79 Å². The number of aromatic amines is 2. The molecule has 0 amide bonds. The molecule has 5 nitrogen and oxygen atoms in total. The number of aromatic nitrogens is 4.